The van der Waals surface area contributed by atoms with Crippen LogP contribution in [0, 0.1) is 0 Å². The Bertz CT molecular complexity index is 714. The zero-order valence-corrected chi connectivity index (χ0v) is 15.3. The number of phenols is 2. The number of nitrogens with two attached hydrogens (primary N) is 2. The van der Waals surface area contributed by atoms with Gasteiger partial charge in [0.1, 0.15) is 11.5 Å². The third-order valence-corrected chi connectivity index (χ3v) is 3.31. The van der Waals surface area contributed by atoms with Gasteiger partial charge in [-0.1, -0.05) is 24.3 Å². The Morgan fingerprint density at radius 3 is 1.85 bits per heavy atom. The maximum atomic E-state index is 9.63. The average Bonchev–Trinajstić information content (AvgIpc) is 2.63. The summed E-state index contributed by atoms with van der Waals surface area (Å²) >= 11 is 0. The van der Waals surface area contributed by atoms with E-state index >= 15 is 0 Å². The van der Waals surface area contributed by atoms with Gasteiger partial charge in [0.15, 0.2) is 0 Å². The molecule has 2 rings (SSSR count). The van der Waals surface area contributed by atoms with E-state index in [1.165, 1.54) is 0 Å². The number of hydrogen-bond acceptors (Lipinski definition) is 6. The van der Waals surface area contributed by atoms with Crippen LogP contribution in [0.15, 0.2) is 58.5 Å². The lowest BCUT2D eigenvalue weighted by Crippen LogP contribution is -2.25. The molecule has 0 aliphatic heterocycles. The van der Waals surface area contributed by atoms with Crippen molar-refractivity contribution in [3.05, 3.63) is 59.7 Å². The molecule has 140 valence electrons. The Balaban J connectivity index is 0.000000597. The van der Waals surface area contributed by atoms with E-state index in [9.17, 15) is 10.2 Å². The lowest BCUT2D eigenvalue weighted by molar-refractivity contribution is 0.474. The summed E-state index contributed by atoms with van der Waals surface area (Å²) in [7, 11) is 0. The van der Waals surface area contributed by atoms with Crippen molar-refractivity contribution in [1.29, 1.82) is 0 Å². The highest BCUT2D eigenvalue weighted by Crippen LogP contribution is 2.14. The summed E-state index contributed by atoms with van der Waals surface area (Å²) < 4.78 is 0. The predicted octanol–water partition coefficient (Wildman–Crippen LogP) is 2.32. The normalized spacial score (nSPS) is 13.4. The molecule has 0 aromatic heterocycles. The molecule has 26 heavy (non-hydrogen) atoms. The van der Waals surface area contributed by atoms with Crippen LogP contribution < -0.4 is 11.5 Å². The quantitative estimate of drug-likeness (QED) is 0.594. The van der Waals surface area contributed by atoms with Crippen LogP contribution in [0.4, 0.5) is 0 Å². The zero-order valence-electron chi connectivity index (χ0n) is 15.3. The van der Waals surface area contributed by atoms with Gasteiger partial charge in [-0.05, 0) is 38.1 Å². The van der Waals surface area contributed by atoms with Crippen molar-refractivity contribution in [2.24, 2.45) is 21.5 Å². The number of nitrogens with zero attached hydrogens (tertiary/aromatic N) is 2. The Hall–Kier alpha value is -2.70. The van der Waals surface area contributed by atoms with Gasteiger partial charge in [-0.25, -0.2) is 0 Å². The maximum Gasteiger partial charge on any atom is 0.124 e. The molecule has 0 spiro atoms. The fourth-order valence-electron chi connectivity index (χ4n) is 1.75. The molecule has 6 N–H and O–H groups in total. The Kier molecular flexibility index (Phi) is 9.67. The molecule has 0 aliphatic rings. The van der Waals surface area contributed by atoms with Gasteiger partial charge in [-0.3, -0.25) is 9.98 Å². The highest BCUT2D eigenvalue weighted by atomic mass is 16.3. The van der Waals surface area contributed by atoms with Crippen molar-refractivity contribution in [3.63, 3.8) is 0 Å². The minimum atomic E-state index is -0.00767. The number of benzene rings is 2. The first-order valence-corrected chi connectivity index (χ1v) is 8.48. The van der Waals surface area contributed by atoms with Crippen molar-refractivity contribution < 1.29 is 10.2 Å². The van der Waals surface area contributed by atoms with Crippen LogP contribution in [0.25, 0.3) is 0 Å². The molecule has 0 saturated heterocycles. The minimum absolute atomic E-state index is 0.00767. The van der Waals surface area contributed by atoms with Crippen molar-refractivity contribution in [2.45, 2.75) is 25.9 Å². The van der Waals surface area contributed by atoms with Crippen LogP contribution in [0.5, 0.6) is 11.5 Å². The molecule has 2 aromatic rings. The minimum Gasteiger partial charge on any atom is -0.507 e. The van der Waals surface area contributed by atoms with E-state index in [0.717, 1.165) is 0 Å². The molecule has 0 heterocycles. The van der Waals surface area contributed by atoms with Gasteiger partial charge in [-0.2, -0.15) is 0 Å². The predicted molar refractivity (Wildman–Crippen MR) is 108 cm³/mol. The van der Waals surface area contributed by atoms with Gasteiger partial charge in [0.25, 0.3) is 0 Å². The molecular formula is C20H28N4O2. The first-order chi connectivity index (χ1) is 12.4. The monoisotopic (exact) mass is 356 g/mol. The van der Waals surface area contributed by atoms with E-state index in [4.69, 9.17) is 11.5 Å². The summed E-state index contributed by atoms with van der Waals surface area (Å²) in [6.45, 7) is 4.91. The maximum absolute atomic E-state index is 9.63. The molecule has 0 aliphatic carbocycles. The largest absolute Gasteiger partial charge is 0.507 e. The second kappa shape index (κ2) is 11.8. The van der Waals surface area contributed by atoms with Crippen LogP contribution in [-0.4, -0.2) is 47.8 Å². The van der Waals surface area contributed by atoms with E-state index in [-0.39, 0.29) is 23.6 Å². The van der Waals surface area contributed by atoms with Crippen LogP contribution in [0.3, 0.4) is 0 Å². The molecule has 0 fully saturated rings. The first kappa shape index (κ1) is 21.3. The molecule has 2 aromatic carbocycles. The smallest absolute Gasteiger partial charge is 0.124 e. The van der Waals surface area contributed by atoms with Crippen LogP contribution in [0.2, 0.25) is 0 Å². The second-order valence-electron chi connectivity index (χ2n) is 5.95. The molecule has 6 nitrogen and oxygen atoms in total. The number of para-hydroxylation sites is 2. The molecular weight excluding hydrogens is 328 g/mol. The summed E-state index contributed by atoms with van der Waals surface area (Å²) in [6, 6.07) is 14.2. The van der Waals surface area contributed by atoms with Gasteiger partial charge >= 0.3 is 0 Å². The molecule has 0 saturated carbocycles. The van der Waals surface area contributed by atoms with Crippen LogP contribution in [0.1, 0.15) is 25.0 Å². The summed E-state index contributed by atoms with van der Waals surface area (Å²) in [4.78, 5) is 8.62. The van der Waals surface area contributed by atoms with E-state index < -0.39 is 0 Å². The topological polar surface area (TPSA) is 117 Å². The number of aliphatic imine (C=N–C) groups is 2. The van der Waals surface area contributed by atoms with Crippen LogP contribution in [-0.2, 0) is 0 Å². The van der Waals surface area contributed by atoms with Gasteiger partial charge in [0, 0.05) is 36.1 Å². The average molecular weight is 356 g/mol. The number of phenolic OH excluding ortho intramolecular Hbond substituents is 2. The zero-order chi connectivity index (χ0) is 19.4. The summed E-state index contributed by atoms with van der Waals surface area (Å²) in [5.74, 6) is 0.428. The van der Waals surface area contributed by atoms with Gasteiger partial charge < -0.3 is 21.7 Å². The second-order valence-corrected chi connectivity index (χ2v) is 5.95. The SMILES string of the molecule is CC(CN=Cc1ccccc1O)N=Cc1ccccc1O.CC(N)CN. The first-order valence-electron chi connectivity index (χ1n) is 8.48. The Labute approximate surface area is 154 Å². The Morgan fingerprint density at radius 1 is 0.923 bits per heavy atom. The van der Waals surface area contributed by atoms with E-state index in [2.05, 4.69) is 9.98 Å². The molecule has 6 heteroatoms. The number of hydrogen-bond donors (Lipinski definition) is 4. The standard InChI is InChI=1S/C17H18N2O2.C3H10N2/c1-13(19-12-15-7-3-5-9-17(15)21)10-18-11-14-6-2-4-8-16(14)20;1-3(5)2-4/h2-9,11-13,20-21H,10H2,1H3;3H,2,4-5H2,1H3. The summed E-state index contributed by atoms with van der Waals surface area (Å²) in [5.41, 5.74) is 11.6. The van der Waals surface area contributed by atoms with Crippen LogP contribution >= 0.6 is 0 Å². The van der Waals surface area contributed by atoms with E-state index in [0.29, 0.717) is 24.2 Å². The van der Waals surface area contributed by atoms with Crippen molar-refractivity contribution in [2.75, 3.05) is 13.1 Å². The fourth-order valence-corrected chi connectivity index (χ4v) is 1.75. The number of aromatic hydroxyl groups is 2. The lowest BCUT2D eigenvalue weighted by Gasteiger charge is -2.03. The third kappa shape index (κ3) is 8.41. The summed E-state index contributed by atoms with van der Waals surface area (Å²) in [5, 5.41) is 19.2. The highest BCUT2D eigenvalue weighted by molar-refractivity contribution is 5.84. The van der Waals surface area contributed by atoms with Crippen molar-refractivity contribution >= 4 is 12.4 Å². The molecule has 2 atom stereocenters. The van der Waals surface area contributed by atoms with E-state index in [1.54, 1.807) is 48.8 Å². The third-order valence-electron chi connectivity index (χ3n) is 3.31. The number of rotatable bonds is 6. The summed E-state index contributed by atoms with van der Waals surface area (Å²) in [6.07, 6.45) is 3.29. The van der Waals surface area contributed by atoms with E-state index in [1.807, 2.05) is 26.0 Å². The molecule has 0 radical (unpaired) electrons. The van der Waals surface area contributed by atoms with Crippen molar-refractivity contribution in [3.8, 4) is 11.5 Å². The molecule has 0 bridgehead atoms. The van der Waals surface area contributed by atoms with Gasteiger partial charge in [-0.15, -0.1) is 0 Å². The van der Waals surface area contributed by atoms with Gasteiger partial charge in [0.05, 0.1) is 12.6 Å². The van der Waals surface area contributed by atoms with Gasteiger partial charge in [0.2, 0.25) is 0 Å². The Morgan fingerprint density at radius 2 is 1.38 bits per heavy atom. The molecule has 0 amide bonds. The van der Waals surface area contributed by atoms with Crippen molar-refractivity contribution in [1.82, 2.24) is 0 Å². The highest BCUT2D eigenvalue weighted by Gasteiger charge is 1.99. The lowest BCUT2D eigenvalue weighted by atomic mass is 10.2. The molecule has 2 unspecified atom stereocenters. The fraction of sp³-hybridized carbons (Fsp3) is 0.300.